The number of ketones is 1. The minimum atomic E-state index is -2.09. The van der Waals surface area contributed by atoms with E-state index in [2.05, 4.69) is 18.8 Å². The zero-order valence-electron chi connectivity index (χ0n) is 19.8. The molecular weight excluding hydrogens is 422 g/mol. The number of carbonyl (C=O) groups is 2. The molecule has 7 nitrogen and oxygen atoms in total. The van der Waals surface area contributed by atoms with E-state index in [0.717, 1.165) is 6.42 Å². The Balaban J connectivity index is 1.62. The average Bonchev–Trinajstić information content (AvgIpc) is 3.09. The number of carbonyl (C=O) groups excluding carboxylic acids is 2. The Morgan fingerprint density at radius 2 is 1.97 bits per heavy atom. The van der Waals surface area contributed by atoms with Crippen molar-refractivity contribution in [2.24, 2.45) is 28.6 Å². The number of hydrogen-bond acceptors (Lipinski definition) is 6. The van der Waals surface area contributed by atoms with Crippen molar-refractivity contribution in [2.45, 2.75) is 65.3 Å². The molecule has 0 amide bonds. The summed E-state index contributed by atoms with van der Waals surface area (Å²) in [5, 5.41) is 33.8. The van der Waals surface area contributed by atoms with Crippen molar-refractivity contribution < 1.29 is 29.6 Å². The minimum absolute atomic E-state index is 0.0149. The molecule has 0 unspecified atom stereocenters. The van der Waals surface area contributed by atoms with Gasteiger partial charge in [-0.2, -0.15) is 0 Å². The first-order chi connectivity index (χ1) is 15.4. The molecule has 1 spiro atoms. The van der Waals surface area contributed by atoms with Crippen LogP contribution in [0.5, 0.6) is 0 Å². The van der Waals surface area contributed by atoms with Crippen molar-refractivity contribution >= 4 is 11.8 Å². The maximum atomic E-state index is 14.1. The summed E-state index contributed by atoms with van der Waals surface area (Å²) in [5.74, 6) is -0.867. The third-order valence-corrected chi connectivity index (χ3v) is 9.17. The lowest BCUT2D eigenvalue weighted by atomic mass is 9.63. The van der Waals surface area contributed by atoms with Crippen LogP contribution in [0.25, 0.3) is 0 Å². The maximum absolute atomic E-state index is 14.1. The molecule has 7 atom stereocenters. The van der Waals surface area contributed by atoms with Gasteiger partial charge in [-0.3, -0.25) is 4.79 Å². The molecular formula is C26H33NO6. The van der Waals surface area contributed by atoms with Crippen LogP contribution in [-0.2, 0) is 9.53 Å². The van der Waals surface area contributed by atoms with Gasteiger partial charge in [-0.15, -0.1) is 0 Å². The number of nitrogens with one attached hydrogen (secondary N) is 1. The number of esters is 1. The largest absolute Gasteiger partial charge is 0.451 e. The van der Waals surface area contributed by atoms with Gasteiger partial charge in [-0.25, -0.2) is 4.79 Å². The maximum Gasteiger partial charge on any atom is 0.340 e. The number of aromatic nitrogens is 1. The van der Waals surface area contributed by atoms with E-state index >= 15 is 0 Å². The Morgan fingerprint density at radius 1 is 1.27 bits per heavy atom. The standard InChI is InChI=1S/C26H33NO6/c1-12-9-25-7-6-17-19(24(17,4)5)16(21(25)30)8-15(11-28)20(29)26(25,32)22(12)33-23(31)18-13(2)10-27-14(18)3/h8-10,16-17,19-20,22,27-29,32H,6-7,11H2,1-5H3/t16-,17+,19+,20+,22-,25+,26-/m0/s1. The van der Waals surface area contributed by atoms with Crippen molar-refractivity contribution in [1.82, 2.24) is 4.98 Å². The minimum Gasteiger partial charge on any atom is -0.451 e. The lowest BCUT2D eigenvalue weighted by molar-refractivity contribution is -0.182. The topological polar surface area (TPSA) is 120 Å². The van der Waals surface area contributed by atoms with Crippen LogP contribution in [0.1, 0.15) is 55.2 Å². The van der Waals surface area contributed by atoms with Crippen LogP contribution in [0.15, 0.2) is 29.5 Å². The van der Waals surface area contributed by atoms with Crippen molar-refractivity contribution in [2.75, 3.05) is 6.61 Å². The second-order valence-corrected chi connectivity index (χ2v) is 11.1. The number of Topliss-reactive ketones (excluding diaryl/α,β-unsaturated/α-hetero) is 1. The molecule has 4 aliphatic carbocycles. The molecule has 4 aliphatic rings. The van der Waals surface area contributed by atoms with Crippen molar-refractivity contribution in [1.29, 1.82) is 0 Å². The molecule has 2 bridgehead atoms. The van der Waals surface area contributed by atoms with Crippen LogP contribution in [0.3, 0.4) is 0 Å². The molecule has 33 heavy (non-hydrogen) atoms. The molecule has 0 aromatic carbocycles. The highest BCUT2D eigenvalue weighted by Gasteiger charge is 2.74. The molecule has 1 aromatic rings. The number of hydrogen-bond donors (Lipinski definition) is 4. The second-order valence-electron chi connectivity index (χ2n) is 11.1. The Bertz CT molecular complexity index is 1090. The van der Waals surface area contributed by atoms with Gasteiger partial charge in [0.2, 0.25) is 0 Å². The van der Waals surface area contributed by atoms with Gasteiger partial charge < -0.3 is 25.0 Å². The van der Waals surface area contributed by atoms with Crippen LogP contribution in [0.4, 0.5) is 0 Å². The molecule has 2 fully saturated rings. The first kappa shape index (κ1) is 22.6. The van der Waals surface area contributed by atoms with Crippen molar-refractivity contribution in [3.05, 3.63) is 46.3 Å². The third kappa shape index (κ3) is 2.67. The van der Waals surface area contributed by atoms with E-state index in [-0.39, 0.29) is 22.7 Å². The molecule has 0 aliphatic heterocycles. The second kappa shape index (κ2) is 6.90. The fourth-order valence-electron chi connectivity index (χ4n) is 7.35. The number of aliphatic hydroxyl groups excluding tert-OH is 2. The Hall–Kier alpha value is -2.22. The summed E-state index contributed by atoms with van der Waals surface area (Å²) < 4.78 is 5.88. The SMILES string of the molecule is CC1=C[C@@]23CC[C@@H]4[C@@H]([C@H](C=C(CO)[C@@H](O)[C@]2(O)[C@H]1OC(=O)c1c(C)c[nH]c1C)C3=O)C4(C)C. The summed E-state index contributed by atoms with van der Waals surface area (Å²) in [6.07, 6.45) is 3.44. The van der Waals surface area contributed by atoms with E-state index in [1.54, 1.807) is 39.1 Å². The van der Waals surface area contributed by atoms with E-state index < -0.39 is 41.7 Å². The number of H-pyrrole nitrogens is 1. The number of aryl methyl sites for hydroxylation is 2. The van der Waals surface area contributed by atoms with Gasteiger partial charge in [0.1, 0.15) is 6.10 Å². The van der Waals surface area contributed by atoms with Gasteiger partial charge in [0, 0.05) is 17.8 Å². The fourth-order valence-corrected chi connectivity index (χ4v) is 7.35. The zero-order valence-corrected chi connectivity index (χ0v) is 19.8. The Morgan fingerprint density at radius 3 is 2.58 bits per heavy atom. The molecule has 0 radical (unpaired) electrons. The lowest BCUT2D eigenvalue weighted by Gasteiger charge is -2.46. The summed E-state index contributed by atoms with van der Waals surface area (Å²) in [6, 6.07) is 0. The highest BCUT2D eigenvalue weighted by molar-refractivity contribution is 5.96. The molecule has 4 N–H and O–H groups in total. The van der Waals surface area contributed by atoms with Crippen LogP contribution >= 0.6 is 0 Å². The monoisotopic (exact) mass is 455 g/mol. The number of rotatable bonds is 3. The van der Waals surface area contributed by atoms with Gasteiger partial charge in [0.15, 0.2) is 17.5 Å². The van der Waals surface area contributed by atoms with Crippen molar-refractivity contribution in [3.63, 3.8) is 0 Å². The normalized spacial score (nSPS) is 40.7. The number of fused-ring (bicyclic) bond motifs is 3. The predicted octanol–water partition coefficient (Wildman–Crippen LogP) is 2.38. The van der Waals surface area contributed by atoms with Gasteiger partial charge in [0.25, 0.3) is 0 Å². The summed E-state index contributed by atoms with van der Waals surface area (Å²) in [7, 11) is 0. The van der Waals surface area contributed by atoms with Gasteiger partial charge >= 0.3 is 5.97 Å². The highest BCUT2D eigenvalue weighted by Crippen LogP contribution is 2.70. The summed E-state index contributed by atoms with van der Waals surface area (Å²) in [5.41, 5.74) is -1.01. The van der Waals surface area contributed by atoms with Gasteiger partial charge in [0.05, 0.1) is 17.6 Å². The first-order valence-electron chi connectivity index (χ1n) is 11.7. The van der Waals surface area contributed by atoms with Crippen LogP contribution < -0.4 is 0 Å². The highest BCUT2D eigenvalue weighted by atomic mass is 16.6. The molecule has 178 valence electrons. The fraction of sp³-hybridized carbons (Fsp3) is 0.615. The Labute approximate surface area is 193 Å². The number of ether oxygens (including phenoxy) is 1. The summed E-state index contributed by atoms with van der Waals surface area (Å²) in [6.45, 7) is 9.08. The lowest BCUT2D eigenvalue weighted by Crippen LogP contribution is -2.63. The quantitative estimate of drug-likeness (QED) is 0.410. The predicted molar refractivity (Wildman–Crippen MR) is 120 cm³/mol. The molecule has 7 heteroatoms. The van der Waals surface area contributed by atoms with E-state index in [1.807, 2.05) is 0 Å². The summed E-state index contributed by atoms with van der Waals surface area (Å²) in [4.78, 5) is 30.3. The van der Waals surface area contributed by atoms with Crippen LogP contribution in [0.2, 0.25) is 0 Å². The number of aliphatic hydroxyl groups is 3. The number of allylic oxidation sites excluding steroid dienone is 1. The summed E-state index contributed by atoms with van der Waals surface area (Å²) >= 11 is 0. The Kier molecular flexibility index (Phi) is 4.72. The first-order valence-corrected chi connectivity index (χ1v) is 11.7. The average molecular weight is 456 g/mol. The number of aromatic amines is 1. The zero-order chi connectivity index (χ0) is 24.1. The van der Waals surface area contributed by atoms with Gasteiger partial charge in [-0.1, -0.05) is 26.0 Å². The van der Waals surface area contributed by atoms with Crippen LogP contribution in [-0.4, -0.2) is 56.5 Å². The van der Waals surface area contributed by atoms with Crippen LogP contribution in [0, 0.1) is 42.4 Å². The van der Waals surface area contributed by atoms with E-state index in [4.69, 9.17) is 4.74 Å². The third-order valence-electron chi connectivity index (χ3n) is 9.17. The van der Waals surface area contributed by atoms with Crippen molar-refractivity contribution in [3.8, 4) is 0 Å². The molecule has 5 rings (SSSR count). The van der Waals surface area contributed by atoms with E-state index in [1.165, 1.54) is 0 Å². The van der Waals surface area contributed by atoms with E-state index in [0.29, 0.717) is 34.7 Å². The smallest absolute Gasteiger partial charge is 0.340 e. The molecule has 1 heterocycles. The van der Waals surface area contributed by atoms with Gasteiger partial charge in [-0.05, 0) is 67.6 Å². The molecule has 2 saturated carbocycles. The van der Waals surface area contributed by atoms with E-state index in [9.17, 15) is 24.9 Å². The molecule has 0 saturated heterocycles. The molecule has 1 aromatic heterocycles.